The van der Waals surface area contributed by atoms with Crippen molar-refractivity contribution in [3.05, 3.63) is 41.9 Å². The highest BCUT2D eigenvalue weighted by Gasteiger charge is 2.11. The molecule has 0 aliphatic heterocycles. The Morgan fingerprint density at radius 1 is 1.24 bits per heavy atom. The Labute approximate surface area is 104 Å². The van der Waals surface area contributed by atoms with Crippen LogP contribution in [0.25, 0.3) is 0 Å². The first-order chi connectivity index (χ1) is 8.16. The second-order valence-corrected chi connectivity index (χ2v) is 4.61. The van der Waals surface area contributed by atoms with E-state index in [1.54, 1.807) is 19.3 Å². The van der Waals surface area contributed by atoms with Gasteiger partial charge in [-0.25, -0.2) is 15.0 Å². The number of aliphatic hydroxyl groups is 1. The van der Waals surface area contributed by atoms with Crippen molar-refractivity contribution in [3.8, 4) is 0 Å². The Hall–Kier alpha value is -1.46. The smallest absolute Gasteiger partial charge is 0.194 e. The average molecular weight is 247 g/mol. The molecule has 0 aromatic carbocycles. The third-order valence-electron chi connectivity index (χ3n) is 2.21. The van der Waals surface area contributed by atoms with Gasteiger partial charge in [0, 0.05) is 23.7 Å². The summed E-state index contributed by atoms with van der Waals surface area (Å²) >= 11 is 1.36. The molecule has 4 nitrogen and oxygen atoms in total. The molecule has 0 amide bonds. The van der Waals surface area contributed by atoms with Crippen molar-refractivity contribution < 1.29 is 5.11 Å². The summed E-state index contributed by atoms with van der Waals surface area (Å²) in [4.78, 5) is 12.7. The average Bonchev–Trinajstić information content (AvgIpc) is 2.29. The molecule has 1 unspecified atom stereocenters. The third-order valence-corrected chi connectivity index (χ3v) is 3.13. The molecule has 88 valence electrons. The molecule has 2 rings (SSSR count). The van der Waals surface area contributed by atoms with E-state index in [2.05, 4.69) is 15.0 Å². The van der Waals surface area contributed by atoms with Crippen LogP contribution in [0.4, 0.5) is 0 Å². The number of pyridine rings is 1. The maximum atomic E-state index is 9.64. The first kappa shape index (κ1) is 12.0. The van der Waals surface area contributed by atoms with Gasteiger partial charge in [-0.2, -0.15) is 0 Å². The van der Waals surface area contributed by atoms with Crippen LogP contribution in [0.15, 0.2) is 40.8 Å². The van der Waals surface area contributed by atoms with Crippen LogP contribution in [0, 0.1) is 6.92 Å². The molecule has 2 heterocycles. The minimum absolute atomic E-state index is 0.545. The van der Waals surface area contributed by atoms with Crippen LogP contribution in [0.1, 0.15) is 24.3 Å². The number of aromatic nitrogens is 3. The lowest BCUT2D eigenvalue weighted by molar-refractivity contribution is 0.195. The van der Waals surface area contributed by atoms with E-state index in [0.717, 1.165) is 16.3 Å². The Balaban J connectivity index is 2.30. The standard InChI is InChI=1S/C12H13N3OS/c1-8-5-7-14-12(15-8)17-11-10(9(2)16)4-3-6-13-11/h3-7,9,16H,1-2H3. The molecule has 0 saturated heterocycles. The van der Waals surface area contributed by atoms with Gasteiger partial charge in [-0.3, -0.25) is 0 Å². The van der Waals surface area contributed by atoms with Crippen LogP contribution in [0.2, 0.25) is 0 Å². The van der Waals surface area contributed by atoms with Gasteiger partial charge in [0.05, 0.1) is 6.10 Å². The van der Waals surface area contributed by atoms with Gasteiger partial charge < -0.3 is 5.11 Å². The lowest BCUT2D eigenvalue weighted by Gasteiger charge is -2.09. The molecule has 17 heavy (non-hydrogen) atoms. The van der Waals surface area contributed by atoms with E-state index in [1.165, 1.54) is 11.8 Å². The number of aliphatic hydroxyl groups excluding tert-OH is 1. The number of nitrogens with zero attached hydrogens (tertiary/aromatic N) is 3. The van der Waals surface area contributed by atoms with Crippen LogP contribution in [-0.2, 0) is 0 Å². The van der Waals surface area contributed by atoms with E-state index in [0.29, 0.717) is 5.16 Å². The number of hydrogen-bond donors (Lipinski definition) is 1. The molecular weight excluding hydrogens is 234 g/mol. The lowest BCUT2D eigenvalue weighted by Crippen LogP contribution is -1.97. The topological polar surface area (TPSA) is 58.9 Å². The van der Waals surface area contributed by atoms with E-state index in [1.807, 2.05) is 25.1 Å². The summed E-state index contributed by atoms with van der Waals surface area (Å²) in [6.07, 6.45) is 2.87. The third kappa shape index (κ3) is 3.01. The highest BCUT2D eigenvalue weighted by molar-refractivity contribution is 7.99. The fraction of sp³-hybridized carbons (Fsp3) is 0.250. The quantitative estimate of drug-likeness (QED) is 0.844. The van der Waals surface area contributed by atoms with Gasteiger partial charge >= 0.3 is 0 Å². The van der Waals surface area contributed by atoms with Crippen molar-refractivity contribution in [1.29, 1.82) is 0 Å². The maximum Gasteiger partial charge on any atom is 0.194 e. The van der Waals surface area contributed by atoms with Crippen molar-refractivity contribution in [2.75, 3.05) is 0 Å². The van der Waals surface area contributed by atoms with Crippen molar-refractivity contribution >= 4 is 11.8 Å². The molecule has 5 heteroatoms. The first-order valence-corrected chi connectivity index (χ1v) is 6.09. The highest BCUT2D eigenvalue weighted by atomic mass is 32.2. The molecule has 2 aromatic heterocycles. The molecule has 2 aromatic rings. The Kier molecular flexibility index (Phi) is 3.71. The first-order valence-electron chi connectivity index (χ1n) is 5.27. The minimum Gasteiger partial charge on any atom is -0.389 e. The summed E-state index contributed by atoms with van der Waals surface area (Å²) in [7, 11) is 0. The van der Waals surface area contributed by atoms with Gasteiger partial charge in [-0.05, 0) is 37.7 Å². The predicted octanol–water partition coefficient (Wildman–Crippen LogP) is 2.38. The van der Waals surface area contributed by atoms with Gasteiger partial charge in [-0.15, -0.1) is 0 Å². The largest absolute Gasteiger partial charge is 0.389 e. The van der Waals surface area contributed by atoms with Gasteiger partial charge in [0.1, 0.15) is 5.03 Å². The number of aryl methyl sites for hydroxylation is 1. The maximum absolute atomic E-state index is 9.64. The Morgan fingerprint density at radius 3 is 2.76 bits per heavy atom. The molecule has 1 N–H and O–H groups in total. The fourth-order valence-corrected chi connectivity index (χ4v) is 2.31. The van der Waals surface area contributed by atoms with Gasteiger partial charge in [0.25, 0.3) is 0 Å². The zero-order chi connectivity index (χ0) is 12.3. The number of rotatable bonds is 3. The summed E-state index contributed by atoms with van der Waals surface area (Å²) in [5, 5.41) is 11.0. The Morgan fingerprint density at radius 2 is 2.06 bits per heavy atom. The molecule has 0 aliphatic rings. The van der Waals surface area contributed by atoms with Gasteiger partial charge in [0.15, 0.2) is 5.16 Å². The van der Waals surface area contributed by atoms with Crippen molar-refractivity contribution in [3.63, 3.8) is 0 Å². The van der Waals surface area contributed by atoms with Crippen LogP contribution >= 0.6 is 11.8 Å². The van der Waals surface area contributed by atoms with Crippen LogP contribution in [-0.4, -0.2) is 20.1 Å². The molecule has 0 fully saturated rings. The summed E-state index contributed by atoms with van der Waals surface area (Å²) in [6, 6.07) is 5.51. The van der Waals surface area contributed by atoms with Crippen LogP contribution in [0.5, 0.6) is 0 Å². The Bertz CT molecular complexity index is 517. The summed E-state index contributed by atoms with van der Waals surface area (Å²) in [5.74, 6) is 0. The fourth-order valence-electron chi connectivity index (χ4n) is 1.37. The minimum atomic E-state index is -0.545. The lowest BCUT2D eigenvalue weighted by atomic mass is 10.2. The molecule has 0 bridgehead atoms. The molecule has 0 saturated carbocycles. The van der Waals surface area contributed by atoms with E-state index < -0.39 is 6.10 Å². The van der Waals surface area contributed by atoms with E-state index in [4.69, 9.17) is 0 Å². The zero-order valence-electron chi connectivity index (χ0n) is 9.66. The number of hydrogen-bond acceptors (Lipinski definition) is 5. The van der Waals surface area contributed by atoms with Crippen molar-refractivity contribution in [1.82, 2.24) is 15.0 Å². The van der Waals surface area contributed by atoms with E-state index in [9.17, 15) is 5.11 Å². The molecule has 1 atom stereocenters. The zero-order valence-corrected chi connectivity index (χ0v) is 10.5. The molecular formula is C12H13N3OS. The van der Waals surface area contributed by atoms with Gasteiger partial charge in [0.2, 0.25) is 0 Å². The van der Waals surface area contributed by atoms with Gasteiger partial charge in [-0.1, -0.05) is 6.07 Å². The van der Waals surface area contributed by atoms with Crippen molar-refractivity contribution in [2.24, 2.45) is 0 Å². The molecule has 0 spiro atoms. The van der Waals surface area contributed by atoms with Crippen LogP contribution < -0.4 is 0 Å². The molecule has 0 radical (unpaired) electrons. The normalized spacial score (nSPS) is 12.4. The second kappa shape index (κ2) is 5.25. The summed E-state index contributed by atoms with van der Waals surface area (Å²) in [5.41, 5.74) is 1.71. The molecule has 0 aliphatic carbocycles. The highest BCUT2D eigenvalue weighted by Crippen LogP contribution is 2.28. The van der Waals surface area contributed by atoms with Crippen LogP contribution in [0.3, 0.4) is 0 Å². The monoisotopic (exact) mass is 247 g/mol. The second-order valence-electron chi connectivity index (χ2n) is 3.66. The predicted molar refractivity (Wildman–Crippen MR) is 65.8 cm³/mol. The van der Waals surface area contributed by atoms with E-state index >= 15 is 0 Å². The SMILES string of the molecule is Cc1ccnc(Sc2ncccc2C(C)O)n1. The summed E-state index contributed by atoms with van der Waals surface area (Å²) < 4.78 is 0. The van der Waals surface area contributed by atoms with E-state index in [-0.39, 0.29) is 0 Å². The van der Waals surface area contributed by atoms with Crippen molar-refractivity contribution in [2.45, 2.75) is 30.1 Å². The summed E-state index contributed by atoms with van der Waals surface area (Å²) in [6.45, 7) is 3.64.